The minimum absolute atomic E-state index is 0.570. The second-order valence-electron chi connectivity index (χ2n) is 16.8. The molecule has 11 aromatic rings. The molecule has 0 N–H and O–H groups in total. The molecular formula is C58H48N6. The maximum atomic E-state index is 5.47. The molecule has 0 aliphatic rings. The molecule has 0 fully saturated rings. The van der Waals surface area contributed by atoms with E-state index >= 15 is 0 Å². The molecule has 0 radical (unpaired) electrons. The van der Waals surface area contributed by atoms with Crippen LogP contribution in [0.2, 0.25) is 0 Å². The predicted molar refractivity (Wildman–Crippen MR) is 265 cm³/mol. The van der Waals surface area contributed by atoms with Crippen molar-refractivity contribution in [2.75, 3.05) is 0 Å². The molecule has 4 heterocycles. The van der Waals surface area contributed by atoms with Gasteiger partial charge >= 0.3 is 0 Å². The van der Waals surface area contributed by atoms with Crippen molar-refractivity contribution in [3.63, 3.8) is 0 Å². The summed E-state index contributed by atoms with van der Waals surface area (Å²) in [6.45, 7) is 4.52. The normalized spacial score (nSPS) is 11.7. The van der Waals surface area contributed by atoms with E-state index in [1.54, 1.807) is 0 Å². The summed E-state index contributed by atoms with van der Waals surface area (Å²) in [7, 11) is 0. The van der Waals surface area contributed by atoms with Gasteiger partial charge in [0.15, 0.2) is 11.6 Å². The van der Waals surface area contributed by atoms with E-state index in [2.05, 4.69) is 169 Å². The highest BCUT2D eigenvalue weighted by Crippen LogP contribution is 2.42. The molecule has 310 valence electrons. The molecule has 0 saturated heterocycles. The second kappa shape index (κ2) is 16.9. The summed E-state index contributed by atoms with van der Waals surface area (Å²) < 4.78 is 4.75. The Labute approximate surface area is 373 Å². The molecule has 7 aromatic carbocycles. The summed E-state index contributed by atoms with van der Waals surface area (Å²) >= 11 is 0. The molecule has 64 heavy (non-hydrogen) atoms. The van der Waals surface area contributed by atoms with Crippen molar-refractivity contribution >= 4 is 43.6 Å². The van der Waals surface area contributed by atoms with E-state index in [4.69, 9.17) is 19.9 Å². The minimum Gasteiger partial charge on any atom is -0.307 e. The number of aromatic nitrogens is 6. The molecule has 0 aliphatic carbocycles. The average molecular weight is 829 g/mol. The lowest BCUT2D eigenvalue weighted by atomic mass is 10.0. The molecule has 6 heteroatoms. The summed E-state index contributed by atoms with van der Waals surface area (Å²) in [5.41, 5.74) is 13.9. The van der Waals surface area contributed by atoms with Gasteiger partial charge in [-0.25, -0.2) is 9.97 Å². The number of benzene rings is 7. The maximum absolute atomic E-state index is 5.47. The van der Waals surface area contributed by atoms with Crippen LogP contribution >= 0.6 is 0 Å². The fourth-order valence-corrected chi connectivity index (χ4v) is 9.31. The van der Waals surface area contributed by atoms with Gasteiger partial charge in [-0.3, -0.25) is 4.57 Å². The van der Waals surface area contributed by atoms with E-state index < -0.39 is 0 Å². The quantitative estimate of drug-likeness (QED) is 0.123. The molecular weight excluding hydrogens is 781 g/mol. The van der Waals surface area contributed by atoms with Crippen LogP contribution in [0.25, 0.3) is 101 Å². The smallest absolute Gasteiger partial charge is 0.238 e. The van der Waals surface area contributed by atoms with E-state index in [0.717, 1.165) is 94.4 Å². The van der Waals surface area contributed by atoms with E-state index in [1.807, 2.05) is 36.4 Å². The highest BCUT2D eigenvalue weighted by molar-refractivity contribution is 6.23. The first kappa shape index (κ1) is 39.2. The van der Waals surface area contributed by atoms with Gasteiger partial charge in [0, 0.05) is 49.5 Å². The van der Waals surface area contributed by atoms with E-state index in [1.165, 1.54) is 38.2 Å². The standard InChI is InChI=1S/C58H48N6/c1-3-5-18-39-30-34-52-48(36-39)46-32-33-47-49-37-40(19-6-4-2)31-35-53(49)64(55(47)54(46)63(52)45-26-14-9-15-27-45)58-61-56(42-22-12-8-13-23-42)60-57(62-58)44-25-16-24-43(38-44)51-29-17-28-50(59-51)41-20-10-7-11-21-41/h7-17,20-38H,3-6,18-19H2,1-2H3. The molecule has 0 atom stereocenters. The van der Waals surface area contributed by atoms with E-state index in [0.29, 0.717) is 17.6 Å². The van der Waals surface area contributed by atoms with Crippen LogP contribution in [-0.2, 0) is 12.8 Å². The summed E-state index contributed by atoms with van der Waals surface area (Å²) in [4.78, 5) is 21.2. The first-order valence-electron chi connectivity index (χ1n) is 22.7. The predicted octanol–water partition coefficient (Wildman–Crippen LogP) is 14.8. The van der Waals surface area contributed by atoms with Crippen molar-refractivity contribution in [1.82, 2.24) is 29.1 Å². The van der Waals surface area contributed by atoms with Gasteiger partial charge in [0.1, 0.15) is 0 Å². The summed E-state index contributed by atoms with van der Waals surface area (Å²) in [6, 6.07) is 64.7. The molecule has 0 unspecified atom stereocenters. The van der Waals surface area contributed by atoms with Crippen LogP contribution < -0.4 is 0 Å². The number of fused-ring (bicyclic) bond motifs is 7. The number of unbranched alkanes of at least 4 members (excludes halogenated alkanes) is 2. The molecule has 0 amide bonds. The van der Waals surface area contributed by atoms with Crippen molar-refractivity contribution in [2.45, 2.75) is 52.4 Å². The summed E-state index contributed by atoms with van der Waals surface area (Å²) in [5.74, 6) is 1.78. The van der Waals surface area contributed by atoms with Crippen molar-refractivity contribution in [2.24, 2.45) is 0 Å². The molecule has 0 aliphatic heterocycles. The Bertz CT molecular complexity index is 3460. The third-order valence-corrected chi connectivity index (χ3v) is 12.5. The van der Waals surface area contributed by atoms with Gasteiger partial charge in [0.25, 0.3) is 0 Å². The largest absolute Gasteiger partial charge is 0.307 e. The first-order chi connectivity index (χ1) is 31.6. The molecule has 6 nitrogen and oxygen atoms in total. The topological polar surface area (TPSA) is 61.4 Å². The summed E-state index contributed by atoms with van der Waals surface area (Å²) in [6.07, 6.45) is 6.68. The fraction of sp³-hybridized carbons (Fsp3) is 0.138. The molecule has 0 spiro atoms. The number of rotatable bonds is 12. The Kier molecular flexibility index (Phi) is 10.3. The van der Waals surface area contributed by atoms with Crippen molar-refractivity contribution in [3.8, 4) is 56.9 Å². The number of hydrogen-bond donors (Lipinski definition) is 0. The van der Waals surface area contributed by atoms with Gasteiger partial charge in [-0.1, -0.05) is 154 Å². The minimum atomic E-state index is 0.570. The van der Waals surface area contributed by atoms with Gasteiger partial charge in [0.2, 0.25) is 5.95 Å². The number of nitrogens with zero attached hydrogens (tertiary/aromatic N) is 6. The Morgan fingerprint density at radius 2 is 0.875 bits per heavy atom. The zero-order chi connectivity index (χ0) is 43.0. The highest BCUT2D eigenvalue weighted by atomic mass is 15.2. The fourth-order valence-electron chi connectivity index (χ4n) is 9.31. The van der Waals surface area contributed by atoms with E-state index in [9.17, 15) is 0 Å². The molecule has 4 aromatic heterocycles. The van der Waals surface area contributed by atoms with Crippen LogP contribution in [0, 0.1) is 0 Å². The van der Waals surface area contributed by atoms with Crippen LogP contribution in [0.3, 0.4) is 0 Å². The summed E-state index contributed by atoms with van der Waals surface area (Å²) in [5, 5.41) is 4.81. The highest BCUT2D eigenvalue weighted by Gasteiger charge is 2.24. The Morgan fingerprint density at radius 3 is 1.50 bits per heavy atom. The Morgan fingerprint density at radius 1 is 0.375 bits per heavy atom. The lowest BCUT2D eigenvalue weighted by molar-refractivity contribution is 0.796. The van der Waals surface area contributed by atoms with E-state index in [-0.39, 0.29) is 0 Å². The van der Waals surface area contributed by atoms with Crippen molar-refractivity contribution in [3.05, 3.63) is 193 Å². The maximum Gasteiger partial charge on any atom is 0.238 e. The van der Waals surface area contributed by atoms with Crippen LogP contribution in [0.4, 0.5) is 0 Å². The second-order valence-corrected chi connectivity index (χ2v) is 16.8. The van der Waals surface area contributed by atoms with Crippen molar-refractivity contribution < 1.29 is 0 Å². The lowest BCUT2D eigenvalue weighted by Gasteiger charge is -2.13. The molecule has 0 saturated carbocycles. The third kappa shape index (κ3) is 7.11. The molecule has 0 bridgehead atoms. The van der Waals surface area contributed by atoms with Gasteiger partial charge in [-0.05, 0) is 91.4 Å². The Hall–Kier alpha value is -7.70. The zero-order valence-electron chi connectivity index (χ0n) is 36.2. The Balaban J connectivity index is 1.20. The van der Waals surface area contributed by atoms with Crippen LogP contribution in [0.15, 0.2) is 182 Å². The monoisotopic (exact) mass is 828 g/mol. The van der Waals surface area contributed by atoms with Crippen molar-refractivity contribution in [1.29, 1.82) is 0 Å². The van der Waals surface area contributed by atoms with Gasteiger partial charge in [-0.2, -0.15) is 9.97 Å². The number of para-hydroxylation sites is 1. The number of pyridine rings is 1. The van der Waals surface area contributed by atoms with Crippen LogP contribution in [-0.4, -0.2) is 29.1 Å². The van der Waals surface area contributed by atoms with Gasteiger partial charge in [-0.15, -0.1) is 0 Å². The zero-order valence-corrected chi connectivity index (χ0v) is 36.2. The molecule has 11 rings (SSSR count). The lowest BCUT2D eigenvalue weighted by Crippen LogP contribution is -2.07. The van der Waals surface area contributed by atoms with Crippen LogP contribution in [0.1, 0.15) is 50.7 Å². The van der Waals surface area contributed by atoms with Gasteiger partial charge in [0.05, 0.1) is 33.5 Å². The first-order valence-corrected chi connectivity index (χ1v) is 22.7. The number of hydrogen-bond acceptors (Lipinski definition) is 4. The number of aryl methyl sites for hydroxylation is 2. The van der Waals surface area contributed by atoms with Gasteiger partial charge < -0.3 is 4.57 Å². The third-order valence-electron chi connectivity index (χ3n) is 12.5. The SMILES string of the molecule is CCCCc1ccc2c(c1)c1ccc3c4cc(CCCC)ccc4n(-c4nc(-c5ccccc5)nc(-c5cccc(-c6cccc(-c7ccccc7)n6)c5)n4)c3c1n2-c1ccccc1. The van der Waals surface area contributed by atoms with Crippen LogP contribution in [0.5, 0.6) is 0 Å². The average Bonchev–Trinajstić information content (AvgIpc) is 3.88.